The number of ether oxygens (including phenoxy) is 2. The number of ketones is 1. The van der Waals surface area contributed by atoms with Crippen LogP contribution in [0.1, 0.15) is 107 Å². The number of hydrogen-bond acceptors (Lipinski definition) is 7. The average Bonchev–Trinajstić information content (AvgIpc) is 2.88. The molecular weight excluding hydrogens is 567 g/mol. The summed E-state index contributed by atoms with van der Waals surface area (Å²) in [4.78, 5) is 35.9. The molecule has 0 saturated carbocycles. The standard InChI is InChI=1S/C19H32O3.C8H17NOS.C2H6.CH3NO2.V/c1-6-17-14(3)11-9-7-8-10-13(2)12-15(4)18(20)16(5)19(21)22-17;1-6-4-7(9(2)3)5-8(11)10-6;1-2;2-1(3)4;/h13-17H,6,8-12H2,1-5H3;6-8,11H,4-5H2,1-3H3;1-2H3;2H2,(H,3,4);/t13?,14-,15?,16?,17?;6?,7-,8?;;;/m10.../s1. The van der Waals surface area contributed by atoms with Gasteiger partial charge in [0.25, 0.3) is 0 Å². The van der Waals surface area contributed by atoms with Crippen LogP contribution in [0.3, 0.4) is 0 Å². The summed E-state index contributed by atoms with van der Waals surface area (Å²) in [5.74, 6) is -0.225. The van der Waals surface area contributed by atoms with E-state index in [9.17, 15) is 9.59 Å². The molecule has 235 valence electrons. The molecule has 0 spiro atoms. The van der Waals surface area contributed by atoms with Gasteiger partial charge in [-0.25, -0.2) is 4.79 Å². The Bertz CT molecular complexity index is 740. The fraction of sp³-hybridized carbons (Fsp3) is 0.867. The Balaban J connectivity index is 0. The number of primary amides is 1. The van der Waals surface area contributed by atoms with Gasteiger partial charge in [0.05, 0.1) is 6.10 Å². The predicted octanol–water partition coefficient (Wildman–Crippen LogP) is 6.13. The van der Waals surface area contributed by atoms with Crippen LogP contribution in [0.4, 0.5) is 4.79 Å². The number of nitrogens with zero attached hydrogens (tertiary/aromatic N) is 1. The summed E-state index contributed by atoms with van der Waals surface area (Å²) in [6.45, 7) is 16.1. The molecule has 3 N–H and O–H groups in total. The molecule has 0 aromatic rings. The number of thiol groups is 1. The van der Waals surface area contributed by atoms with Gasteiger partial charge in [0.15, 0.2) is 0 Å². The number of hydrogen-bond donors (Lipinski definition) is 3. The van der Waals surface area contributed by atoms with E-state index in [-0.39, 0.29) is 29.2 Å². The van der Waals surface area contributed by atoms with Crippen LogP contribution in [0.15, 0.2) is 0 Å². The molecule has 40 heavy (non-hydrogen) atoms. The first-order valence-electron chi connectivity index (χ1n) is 14.8. The van der Waals surface area contributed by atoms with Crippen LogP contribution in [0.2, 0.25) is 0 Å². The van der Waals surface area contributed by atoms with Crippen molar-refractivity contribution in [2.24, 2.45) is 29.4 Å². The summed E-state index contributed by atoms with van der Waals surface area (Å²) in [5.41, 5.74) is 4.16. The molecular formula is C30H58N2O6SV. The van der Waals surface area contributed by atoms with Gasteiger partial charge in [-0.05, 0) is 33.9 Å². The molecule has 1 amide bonds. The largest absolute Gasteiger partial charge is 0.465 e. The van der Waals surface area contributed by atoms with Gasteiger partial charge in [-0.1, -0.05) is 13.8 Å². The van der Waals surface area contributed by atoms with Gasteiger partial charge >= 0.3 is 156 Å². The quantitative estimate of drug-likeness (QED) is 0.192. The molecule has 2 fully saturated rings. The normalized spacial score (nSPS) is 32.0. The van der Waals surface area contributed by atoms with Gasteiger partial charge in [-0.2, -0.15) is 0 Å². The van der Waals surface area contributed by atoms with Gasteiger partial charge in [0.1, 0.15) is 5.44 Å². The summed E-state index contributed by atoms with van der Waals surface area (Å²) in [5, 5.41) is 7.19. The minimum absolute atomic E-state index is 0.0258. The second-order valence-electron chi connectivity index (χ2n) is 11.2. The Morgan fingerprint density at radius 1 is 1.05 bits per heavy atom. The first-order chi connectivity index (χ1) is 18.6. The minimum atomic E-state index is -1.33. The van der Waals surface area contributed by atoms with E-state index in [0.29, 0.717) is 24.0 Å². The summed E-state index contributed by atoms with van der Waals surface area (Å²) < 4.78 is 12.6. The van der Waals surface area contributed by atoms with Crippen LogP contribution in [0.5, 0.6) is 0 Å². The van der Waals surface area contributed by atoms with Gasteiger partial charge in [-0.15, -0.1) is 12.6 Å². The Hall–Kier alpha value is -0.866. The van der Waals surface area contributed by atoms with E-state index < -0.39 is 12.0 Å². The number of carboxylic acid groups (broad SMARTS) is 1. The molecule has 2 aliphatic heterocycles. The summed E-state index contributed by atoms with van der Waals surface area (Å²) in [7, 11) is 4.23. The van der Waals surface area contributed by atoms with Crippen LogP contribution in [0.25, 0.3) is 0 Å². The van der Waals surface area contributed by atoms with Crippen molar-refractivity contribution >= 4 is 34.7 Å². The maximum absolute atomic E-state index is 12.5. The van der Waals surface area contributed by atoms with E-state index in [0.717, 1.165) is 51.4 Å². The molecule has 0 aromatic carbocycles. The van der Waals surface area contributed by atoms with Gasteiger partial charge in [0.2, 0.25) is 0 Å². The van der Waals surface area contributed by atoms with E-state index in [1.165, 1.54) is 4.23 Å². The topological polar surface area (TPSA) is 119 Å². The van der Waals surface area contributed by atoms with E-state index in [2.05, 4.69) is 75.1 Å². The van der Waals surface area contributed by atoms with Crippen molar-refractivity contribution in [3.63, 3.8) is 0 Å². The van der Waals surface area contributed by atoms with Crippen LogP contribution >= 0.6 is 12.6 Å². The molecule has 0 aliphatic carbocycles. The maximum atomic E-state index is 12.5. The van der Waals surface area contributed by atoms with Crippen LogP contribution in [-0.4, -0.2) is 69.9 Å². The fourth-order valence-corrected chi connectivity index (χ4v) is 5.72. The number of amides is 1. The molecule has 2 rings (SSSR count). The zero-order chi connectivity index (χ0) is 31.6. The van der Waals surface area contributed by atoms with Crippen molar-refractivity contribution in [1.29, 1.82) is 0 Å². The monoisotopic (exact) mass is 625 g/mol. The van der Waals surface area contributed by atoms with Crippen molar-refractivity contribution < 1.29 is 45.9 Å². The molecule has 6 unspecified atom stereocenters. The van der Waals surface area contributed by atoms with Crippen molar-refractivity contribution in [1.82, 2.24) is 4.90 Å². The summed E-state index contributed by atoms with van der Waals surface area (Å²) in [6, 6.07) is 0.640. The summed E-state index contributed by atoms with van der Waals surface area (Å²) >= 11 is 7.05. The third-order valence-electron chi connectivity index (χ3n) is 7.34. The first-order valence-corrected chi connectivity index (χ1v) is 16.1. The number of carbonyl (C=O) groups excluding carboxylic acids is 2. The molecule has 10 heteroatoms. The molecule has 0 bridgehead atoms. The van der Waals surface area contributed by atoms with Gasteiger partial charge in [0, 0.05) is 6.04 Å². The molecule has 8 atom stereocenters. The average molecular weight is 626 g/mol. The van der Waals surface area contributed by atoms with Gasteiger partial charge in [-0.3, -0.25) is 0 Å². The minimum Gasteiger partial charge on any atom is -0.465 e. The van der Waals surface area contributed by atoms with Crippen molar-refractivity contribution in [2.45, 2.75) is 130 Å². The van der Waals surface area contributed by atoms with E-state index in [4.69, 9.17) is 19.4 Å². The number of esters is 1. The molecule has 0 radical (unpaired) electrons. The van der Waals surface area contributed by atoms with E-state index in [1.54, 1.807) is 6.92 Å². The first kappa shape index (κ1) is 41.3. The molecule has 2 heterocycles. The van der Waals surface area contributed by atoms with Crippen LogP contribution < -0.4 is 5.73 Å². The zero-order valence-corrected chi connectivity index (χ0v) is 29.0. The fourth-order valence-electron chi connectivity index (χ4n) is 4.86. The van der Waals surface area contributed by atoms with Crippen molar-refractivity contribution in [3.05, 3.63) is 0 Å². The molecule has 8 nitrogen and oxygen atoms in total. The number of cyclic esters (lactones) is 1. The SMILES string of the molecule is CC.CC1C[C@H](N(C)C)CC(S)O1.CCC1OC(=O)C(C)C(=O)C(C)CC(C)CC[C](=[V])CC[C@H]1C.NC(=O)O. The second-order valence-corrected chi connectivity index (χ2v) is 12.8. The Labute approximate surface area is 258 Å². The number of Topliss-reactive ketones (excluding diaryl/α,β-unsaturated/α-hetero) is 1. The van der Waals surface area contributed by atoms with Crippen molar-refractivity contribution in [3.8, 4) is 0 Å². The Kier molecular flexibility index (Phi) is 23.4. The number of nitrogens with two attached hydrogens (primary N) is 1. The predicted molar refractivity (Wildman–Crippen MR) is 164 cm³/mol. The van der Waals surface area contributed by atoms with E-state index in [1.807, 2.05) is 27.7 Å². The number of rotatable bonds is 2. The molecule has 2 saturated heterocycles. The Morgan fingerprint density at radius 3 is 2.05 bits per heavy atom. The molecule has 2 aliphatic rings. The number of carbonyl (C=O) groups is 3. The van der Waals surface area contributed by atoms with Gasteiger partial charge < -0.3 is 20.5 Å². The second kappa shape index (κ2) is 22.7. The van der Waals surface area contributed by atoms with Crippen LogP contribution in [0, 0.1) is 23.7 Å². The third-order valence-corrected chi connectivity index (χ3v) is 8.37. The zero-order valence-electron chi connectivity index (χ0n) is 26.7. The Morgan fingerprint density at radius 2 is 1.57 bits per heavy atom. The van der Waals surface area contributed by atoms with Crippen LogP contribution in [-0.2, 0) is 36.0 Å². The smallest absolute Gasteiger partial charge is 0.402 e. The summed E-state index contributed by atoms with van der Waals surface area (Å²) in [6.07, 6.45) is 7.10. The molecule has 0 aromatic heterocycles. The van der Waals surface area contributed by atoms with Crippen molar-refractivity contribution in [2.75, 3.05) is 14.1 Å². The van der Waals surface area contributed by atoms with E-state index >= 15 is 0 Å². The third kappa shape index (κ3) is 18.5. The maximum Gasteiger partial charge on any atom is 0.402 e.